The van der Waals surface area contributed by atoms with Crippen LogP contribution in [-0.4, -0.2) is 28.8 Å². The summed E-state index contributed by atoms with van der Waals surface area (Å²) in [4.78, 5) is 23.5. The summed E-state index contributed by atoms with van der Waals surface area (Å²) in [6.45, 7) is 0.440. The minimum atomic E-state index is -0.415. The Hall–Kier alpha value is -2.86. The van der Waals surface area contributed by atoms with Gasteiger partial charge in [0, 0.05) is 17.5 Å². The van der Waals surface area contributed by atoms with Gasteiger partial charge in [-0.1, -0.05) is 17.7 Å². The van der Waals surface area contributed by atoms with Gasteiger partial charge in [0.15, 0.2) is 0 Å². The Bertz CT molecular complexity index is 919. The molecule has 1 N–H and O–H groups in total. The number of carbonyl (C=O) groups is 2. The highest BCUT2D eigenvalue weighted by molar-refractivity contribution is 6.35. The number of rotatable bonds is 5. The molecule has 0 radical (unpaired) electrons. The number of ether oxygens (including phenoxy) is 1. The molecule has 0 spiro atoms. The van der Waals surface area contributed by atoms with Crippen LogP contribution in [0.15, 0.2) is 48.7 Å². The summed E-state index contributed by atoms with van der Waals surface area (Å²) >= 11 is 6.12. The SMILES string of the molecule is COC(=O)c1ccc(NC(=O)CCn2ncc3c(Cl)cccc32)cc1. The highest BCUT2D eigenvalue weighted by Gasteiger charge is 2.09. The van der Waals surface area contributed by atoms with Crippen molar-refractivity contribution >= 4 is 40.1 Å². The van der Waals surface area contributed by atoms with Crippen molar-refractivity contribution in [3.05, 3.63) is 59.2 Å². The van der Waals surface area contributed by atoms with E-state index in [0.717, 1.165) is 10.9 Å². The van der Waals surface area contributed by atoms with E-state index in [-0.39, 0.29) is 12.3 Å². The van der Waals surface area contributed by atoms with E-state index in [1.165, 1.54) is 7.11 Å². The number of hydrogen-bond donors (Lipinski definition) is 1. The molecule has 128 valence electrons. The van der Waals surface area contributed by atoms with Crippen molar-refractivity contribution < 1.29 is 14.3 Å². The Morgan fingerprint density at radius 3 is 2.68 bits per heavy atom. The Kier molecular flexibility index (Phi) is 5.00. The molecule has 1 aromatic heterocycles. The lowest BCUT2D eigenvalue weighted by atomic mass is 10.2. The van der Waals surface area contributed by atoms with Crippen molar-refractivity contribution in [1.82, 2.24) is 9.78 Å². The summed E-state index contributed by atoms with van der Waals surface area (Å²) in [5.41, 5.74) is 1.94. The maximum Gasteiger partial charge on any atom is 0.337 e. The van der Waals surface area contributed by atoms with Gasteiger partial charge in [0.2, 0.25) is 5.91 Å². The standard InChI is InChI=1S/C18H16ClN3O3/c1-25-18(24)12-5-7-13(8-6-12)21-17(23)9-10-22-16-4-2-3-15(19)14(16)11-20-22/h2-8,11H,9-10H2,1H3,(H,21,23). The zero-order valence-corrected chi connectivity index (χ0v) is 14.3. The first-order valence-electron chi connectivity index (χ1n) is 7.67. The average molecular weight is 358 g/mol. The van der Waals surface area contributed by atoms with Crippen LogP contribution in [0.25, 0.3) is 10.9 Å². The fourth-order valence-electron chi connectivity index (χ4n) is 2.48. The molecule has 7 heteroatoms. The average Bonchev–Trinajstić information content (AvgIpc) is 3.04. The number of halogens is 1. The van der Waals surface area contributed by atoms with Crippen LogP contribution in [0.5, 0.6) is 0 Å². The van der Waals surface area contributed by atoms with Gasteiger partial charge in [0.05, 0.1) is 36.0 Å². The van der Waals surface area contributed by atoms with Gasteiger partial charge in [-0.15, -0.1) is 0 Å². The topological polar surface area (TPSA) is 73.2 Å². The lowest BCUT2D eigenvalue weighted by Crippen LogP contribution is -2.15. The molecule has 25 heavy (non-hydrogen) atoms. The number of benzene rings is 2. The number of nitrogens with one attached hydrogen (secondary N) is 1. The smallest absolute Gasteiger partial charge is 0.337 e. The third kappa shape index (κ3) is 3.80. The number of anilines is 1. The van der Waals surface area contributed by atoms with Crippen LogP contribution in [-0.2, 0) is 16.1 Å². The molecule has 0 aliphatic rings. The molecule has 3 rings (SSSR count). The predicted molar refractivity (Wildman–Crippen MR) is 95.8 cm³/mol. The lowest BCUT2D eigenvalue weighted by molar-refractivity contribution is -0.116. The van der Waals surface area contributed by atoms with Crippen LogP contribution >= 0.6 is 11.6 Å². The normalized spacial score (nSPS) is 10.6. The van der Waals surface area contributed by atoms with Gasteiger partial charge < -0.3 is 10.1 Å². The van der Waals surface area contributed by atoms with Gasteiger partial charge in [-0.05, 0) is 36.4 Å². The highest BCUT2D eigenvalue weighted by atomic mass is 35.5. The minimum absolute atomic E-state index is 0.142. The number of aryl methyl sites for hydroxylation is 1. The number of hydrogen-bond acceptors (Lipinski definition) is 4. The molecule has 1 heterocycles. The molecule has 0 atom stereocenters. The second-order valence-electron chi connectivity index (χ2n) is 5.41. The Labute approximate surface area is 149 Å². The van der Waals surface area contributed by atoms with Gasteiger partial charge in [0.1, 0.15) is 0 Å². The Balaban J connectivity index is 1.61. The predicted octanol–water partition coefficient (Wildman–Crippen LogP) is 3.51. The van der Waals surface area contributed by atoms with E-state index in [1.807, 2.05) is 12.1 Å². The molecule has 0 aliphatic heterocycles. The summed E-state index contributed by atoms with van der Waals surface area (Å²) < 4.78 is 6.39. The van der Waals surface area contributed by atoms with Crippen molar-refractivity contribution in [3.8, 4) is 0 Å². The molecule has 0 aliphatic carbocycles. The van der Waals surface area contributed by atoms with Gasteiger partial charge in [0.25, 0.3) is 0 Å². The number of nitrogens with zero attached hydrogens (tertiary/aromatic N) is 2. The van der Waals surface area contributed by atoms with E-state index < -0.39 is 5.97 Å². The zero-order valence-electron chi connectivity index (χ0n) is 13.5. The number of aromatic nitrogens is 2. The molecular weight excluding hydrogens is 342 g/mol. The fraction of sp³-hybridized carbons (Fsp3) is 0.167. The van der Waals surface area contributed by atoms with Gasteiger partial charge in [-0.2, -0.15) is 5.10 Å². The number of carbonyl (C=O) groups excluding carboxylic acids is 2. The van der Waals surface area contributed by atoms with Crippen molar-refractivity contribution in [2.45, 2.75) is 13.0 Å². The highest BCUT2D eigenvalue weighted by Crippen LogP contribution is 2.22. The van der Waals surface area contributed by atoms with E-state index in [1.54, 1.807) is 41.2 Å². The van der Waals surface area contributed by atoms with Crippen molar-refractivity contribution in [2.75, 3.05) is 12.4 Å². The number of amides is 1. The van der Waals surface area contributed by atoms with Crippen molar-refractivity contribution in [1.29, 1.82) is 0 Å². The van der Waals surface area contributed by atoms with E-state index in [4.69, 9.17) is 11.6 Å². The molecule has 0 unspecified atom stereocenters. The molecule has 6 nitrogen and oxygen atoms in total. The van der Waals surface area contributed by atoms with E-state index >= 15 is 0 Å². The molecule has 0 fully saturated rings. The van der Waals surface area contributed by atoms with Gasteiger partial charge in [-0.3, -0.25) is 9.48 Å². The molecule has 1 amide bonds. The number of esters is 1. The Morgan fingerprint density at radius 1 is 1.20 bits per heavy atom. The second kappa shape index (κ2) is 7.36. The molecule has 3 aromatic rings. The van der Waals surface area contributed by atoms with Crippen LogP contribution in [0.1, 0.15) is 16.8 Å². The molecule has 0 bridgehead atoms. The fourth-order valence-corrected chi connectivity index (χ4v) is 2.70. The second-order valence-corrected chi connectivity index (χ2v) is 5.81. The maximum atomic E-state index is 12.1. The van der Waals surface area contributed by atoms with E-state index in [0.29, 0.717) is 22.8 Å². The third-order valence-corrected chi connectivity index (χ3v) is 4.10. The Morgan fingerprint density at radius 2 is 1.96 bits per heavy atom. The van der Waals surface area contributed by atoms with Crippen molar-refractivity contribution in [2.24, 2.45) is 0 Å². The number of fused-ring (bicyclic) bond motifs is 1. The quantitative estimate of drug-likeness (QED) is 0.709. The first-order valence-corrected chi connectivity index (χ1v) is 8.04. The van der Waals surface area contributed by atoms with E-state index in [9.17, 15) is 9.59 Å². The summed E-state index contributed by atoms with van der Waals surface area (Å²) in [6, 6.07) is 12.1. The van der Waals surface area contributed by atoms with Crippen LogP contribution in [0.3, 0.4) is 0 Å². The molecule has 2 aromatic carbocycles. The first kappa shape index (κ1) is 17.0. The summed E-state index contributed by atoms with van der Waals surface area (Å²) in [7, 11) is 1.32. The van der Waals surface area contributed by atoms with Crippen LogP contribution in [0.2, 0.25) is 5.02 Å². The van der Waals surface area contributed by atoms with Crippen LogP contribution < -0.4 is 5.32 Å². The molecule has 0 saturated heterocycles. The van der Waals surface area contributed by atoms with Crippen LogP contribution in [0.4, 0.5) is 5.69 Å². The molecule has 0 saturated carbocycles. The lowest BCUT2D eigenvalue weighted by Gasteiger charge is -2.07. The zero-order chi connectivity index (χ0) is 17.8. The summed E-state index contributed by atoms with van der Waals surface area (Å²) in [5, 5.41) is 8.57. The maximum absolute atomic E-state index is 12.1. The largest absolute Gasteiger partial charge is 0.465 e. The van der Waals surface area contributed by atoms with Gasteiger partial charge in [-0.25, -0.2) is 4.79 Å². The van der Waals surface area contributed by atoms with Gasteiger partial charge >= 0.3 is 5.97 Å². The van der Waals surface area contributed by atoms with E-state index in [2.05, 4.69) is 15.2 Å². The van der Waals surface area contributed by atoms with Crippen LogP contribution in [0, 0.1) is 0 Å². The first-order chi connectivity index (χ1) is 12.1. The third-order valence-electron chi connectivity index (χ3n) is 3.77. The summed E-state index contributed by atoms with van der Waals surface area (Å²) in [5.74, 6) is -0.557. The minimum Gasteiger partial charge on any atom is -0.465 e. The number of methoxy groups -OCH3 is 1. The summed E-state index contributed by atoms with van der Waals surface area (Å²) in [6.07, 6.45) is 1.96. The monoisotopic (exact) mass is 357 g/mol. The van der Waals surface area contributed by atoms with Crippen molar-refractivity contribution in [3.63, 3.8) is 0 Å². The molecular formula is C18H16ClN3O3.